The fourth-order valence-electron chi connectivity index (χ4n) is 1.48. The molecule has 110 valence electrons. The van der Waals surface area contributed by atoms with Crippen molar-refractivity contribution < 1.29 is 22.7 Å². The molecule has 0 saturated heterocycles. The molecule has 0 aliphatic carbocycles. The first-order valence-electron chi connectivity index (χ1n) is 5.76. The van der Waals surface area contributed by atoms with Gasteiger partial charge in [-0.25, -0.2) is 14.4 Å². The second-order valence-electron chi connectivity index (χ2n) is 4.22. The van der Waals surface area contributed by atoms with Crippen molar-refractivity contribution in [2.24, 2.45) is 5.73 Å². The lowest BCUT2D eigenvalue weighted by Gasteiger charge is -2.14. The number of hydrogen-bond donors (Lipinski definition) is 1. The van der Waals surface area contributed by atoms with Crippen molar-refractivity contribution >= 4 is 5.91 Å². The predicted octanol–water partition coefficient (Wildman–Crippen LogP) is 2.62. The number of carbonyl (C=O) groups excluding carboxylic acids is 1. The number of carbonyl (C=O) groups is 1. The van der Waals surface area contributed by atoms with E-state index in [1.165, 1.54) is 12.1 Å². The van der Waals surface area contributed by atoms with E-state index < -0.39 is 29.2 Å². The largest absolute Gasteiger partial charge is 0.437 e. The minimum atomic E-state index is -3.33. The number of nitrogens with zero attached hydrogens (tertiary/aromatic N) is 2. The number of hydrogen-bond acceptors (Lipinski definition) is 4. The highest BCUT2D eigenvalue weighted by molar-refractivity contribution is 5.90. The van der Waals surface area contributed by atoms with Gasteiger partial charge in [0.25, 0.3) is 11.8 Å². The smallest absolute Gasteiger partial charge is 0.292 e. The maximum Gasteiger partial charge on any atom is 0.292 e. The molecule has 0 spiro atoms. The van der Waals surface area contributed by atoms with Crippen LogP contribution in [0.15, 0.2) is 30.5 Å². The van der Waals surface area contributed by atoms with Crippen LogP contribution in [0.3, 0.4) is 0 Å². The van der Waals surface area contributed by atoms with Crippen LogP contribution in [0.25, 0.3) is 0 Å². The van der Waals surface area contributed by atoms with Crippen LogP contribution in [0.4, 0.5) is 13.2 Å². The molecule has 2 aromatic rings. The third-order valence-corrected chi connectivity index (χ3v) is 2.44. The molecule has 0 fully saturated rings. The van der Waals surface area contributed by atoms with Gasteiger partial charge >= 0.3 is 0 Å². The zero-order valence-corrected chi connectivity index (χ0v) is 10.8. The first-order valence-corrected chi connectivity index (χ1v) is 5.76. The molecule has 0 saturated carbocycles. The summed E-state index contributed by atoms with van der Waals surface area (Å²) in [6.45, 7) is 0.610. The molecule has 0 aliphatic rings. The zero-order valence-electron chi connectivity index (χ0n) is 10.8. The Morgan fingerprint density at radius 1 is 1.29 bits per heavy atom. The molecule has 0 unspecified atom stereocenters. The minimum absolute atomic E-state index is 0.0674. The second-order valence-corrected chi connectivity index (χ2v) is 4.22. The molecule has 0 bridgehead atoms. The van der Waals surface area contributed by atoms with Gasteiger partial charge in [0.15, 0.2) is 5.69 Å². The van der Waals surface area contributed by atoms with Crippen LogP contribution >= 0.6 is 0 Å². The van der Waals surface area contributed by atoms with Gasteiger partial charge in [0.05, 0.1) is 6.20 Å². The highest BCUT2D eigenvalue weighted by atomic mass is 19.3. The molecular weight excluding hydrogens is 287 g/mol. The van der Waals surface area contributed by atoms with Crippen LogP contribution in [-0.4, -0.2) is 15.9 Å². The van der Waals surface area contributed by atoms with Crippen molar-refractivity contribution in [1.29, 1.82) is 0 Å². The molecule has 2 N–H and O–H groups in total. The molecule has 8 heteroatoms. The Balaban J connectivity index is 2.45. The van der Waals surface area contributed by atoms with Crippen molar-refractivity contribution in [3.63, 3.8) is 0 Å². The lowest BCUT2D eigenvalue weighted by molar-refractivity contribution is 0.00993. The first kappa shape index (κ1) is 14.8. The summed E-state index contributed by atoms with van der Waals surface area (Å²) in [6, 6.07) is 4.63. The Bertz CT molecular complexity index is 669. The Morgan fingerprint density at radius 2 is 1.90 bits per heavy atom. The van der Waals surface area contributed by atoms with Crippen molar-refractivity contribution in [3.05, 3.63) is 47.7 Å². The quantitative estimate of drug-likeness (QED) is 0.941. The van der Waals surface area contributed by atoms with Gasteiger partial charge in [-0.05, 0) is 24.3 Å². The van der Waals surface area contributed by atoms with Crippen molar-refractivity contribution in [1.82, 2.24) is 9.97 Å². The monoisotopic (exact) mass is 297 g/mol. The maximum absolute atomic E-state index is 13.5. The summed E-state index contributed by atoms with van der Waals surface area (Å²) < 4.78 is 44.9. The summed E-state index contributed by atoms with van der Waals surface area (Å²) in [6.07, 6.45) is 0.840. The fraction of sp³-hybridized carbons (Fsp3) is 0.154. The first-order chi connectivity index (χ1) is 9.77. The van der Waals surface area contributed by atoms with Gasteiger partial charge in [0.1, 0.15) is 17.3 Å². The summed E-state index contributed by atoms with van der Waals surface area (Å²) in [7, 11) is 0. The average Bonchev–Trinajstić information content (AvgIpc) is 2.40. The number of halogens is 3. The van der Waals surface area contributed by atoms with Crippen LogP contribution < -0.4 is 10.5 Å². The molecule has 2 rings (SSSR count). The van der Waals surface area contributed by atoms with Crippen LogP contribution in [0.5, 0.6) is 11.6 Å². The summed E-state index contributed by atoms with van der Waals surface area (Å²) in [5.41, 5.74) is 3.95. The van der Waals surface area contributed by atoms with E-state index in [2.05, 4.69) is 9.97 Å². The van der Waals surface area contributed by atoms with E-state index in [9.17, 15) is 18.0 Å². The molecule has 0 radical (unpaired) electrons. The van der Waals surface area contributed by atoms with Crippen LogP contribution in [0.2, 0.25) is 0 Å². The van der Waals surface area contributed by atoms with E-state index in [0.717, 1.165) is 18.3 Å². The number of amides is 1. The van der Waals surface area contributed by atoms with Gasteiger partial charge in [0, 0.05) is 6.92 Å². The zero-order chi connectivity index (χ0) is 15.6. The normalized spacial score (nSPS) is 11.2. The molecular formula is C13H10F3N3O2. The van der Waals surface area contributed by atoms with Gasteiger partial charge in [-0.1, -0.05) is 0 Å². The summed E-state index contributed by atoms with van der Waals surface area (Å²) in [4.78, 5) is 18.1. The van der Waals surface area contributed by atoms with E-state index in [0.29, 0.717) is 6.92 Å². The molecule has 1 amide bonds. The van der Waals surface area contributed by atoms with Gasteiger partial charge in [-0.3, -0.25) is 4.79 Å². The number of aromatic nitrogens is 2. The van der Waals surface area contributed by atoms with Gasteiger partial charge < -0.3 is 10.5 Å². The number of benzene rings is 1. The summed E-state index contributed by atoms with van der Waals surface area (Å²) >= 11 is 0. The number of nitrogens with two attached hydrogens (primary N) is 1. The molecule has 0 aliphatic heterocycles. The number of rotatable bonds is 4. The fourth-order valence-corrected chi connectivity index (χ4v) is 1.48. The second kappa shape index (κ2) is 5.39. The SMILES string of the molecule is CC(F)(F)c1ncc(C(N)=O)nc1Oc1ccc(F)cc1. The van der Waals surface area contributed by atoms with Gasteiger partial charge in [-0.2, -0.15) is 8.78 Å². The van der Waals surface area contributed by atoms with Crippen molar-refractivity contribution in [3.8, 4) is 11.6 Å². The lowest BCUT2D eigenvalue weighted by Crippen LogP contribution is -2.18. The van der Waals surface area contributed by atoms with E-state index in [-0.39, 0.29) is 11.4 Å². The topological polar surface area (TPSA) is 78.1 Å². The Hall–Kier alpha value is -2.64. The maximum atomic E-state index is 13.5. The van der Waals surface area contributed by atoms with Crippen molar-refractivity contribution in [2.75, 3.05) is 0 Å². The molecule has 5 nitrogen and oxygen atoms in total. The lowest BCUT2D eigenvalue weighted by atomic mass is 10.2. The number of primary amides is 1. The highest BCUT2D eigenvalue weighted by Crippen LogP contribution is 2.33. The van der Waals surface area contributed by atoms with Crippen LogP contribution in [0.1, 0.15) is 23.1 Å². The third kappa shape index (κ3) is 3.47. The van der Waals surface area contributed by atoms with Gasteiger partial charge in [-0.15, -0.1) is 0 Å². The molecule has 0 atom stereocenters. The minimum Gasteiger partial charge on any atom is -0.437 e. The van der Waals surface area contributed by atoms with E-state index in [1.54, 1.807) is 0 Å². The Labute approximate surface area is 117 Å². The highest BCUT2D eigenvalue weighted by Gasteiger charge is 2.32. The molecule has 1 aromatic heterocycles. The van der Waals surface area contributed by atoms with Crippen LogP contribution in [0, 0.1) is 5.82 Å². The molecule has 1 aromatic carbocycles. The van der Waals surface area contributed by atoms with E-state index in [4.69, 9.17) is 10.5 Å². The van der Waals surface area contributed by atoms with Crippen molar-refractivity contribution in [2.45, 2.75) is 12.8 Å². The van der Waals surface area contributed by atoms with Crippen LogP contribution in [-0.2, 0) is 5.92 Å². The Morgan fingerprint density at radius 3 is 2.43 bits per heavy atom. The molecule has 1 heterocycles. The van der Waals surface area contributed by atoms with E-state index in [1.807, 2.05) is 0 Å². The summed E-state index contributed by atoms with van der Waals surface area (Å²) in [5.74, 6) is -5.28. The third-order valence-electron chi connectivity index (χ3n) is 2.44. The number of alkyl halides is 2. The van der Waals surface area contributed by atoms with Gasteiger partial charge in [0.2, 0.25) is 5.88 Å². The van der Waals surface area contributed by atoms with E-state index >= 15 is 0 Å². The predicted molar refractivity (Wildman–Crippen MR) is 66.6 cm³/mol. The summed E-state index contributed by atoms with van der Waals surface area (Å²) in [5, 5.41) is 0. The Kier molecular flexibility index (Phi) is 3.79. The average molecular weight is 297 g/mol. The molecule has 21 heavy (non-hydrogen) atoms. The standard InChI is InChI=1S/C13H10F3N3O2/c1-13(15,16)10-12(19-9(6-18-10)11(17)20)21-8-4-2-7(14)3-5-8/h2-6H,1H3,(H2,17,20). The number of ether oxygens (including phenoxy) is 1.